The van der Waals surface area contributed by atoms with Gasteiger partial charge in [0.15, 0.2) is 11.5 Å². The van der Waals surface area contributed by atoms with Gasteiger partial charge in [-0.3, -0.25) is 14.9 Å². The van der Waals surface area contributed by atoms with Crippen LogP contribution in [-0.2, 0) is 17.8 Å². The summed E-state index contributed by atoms with van der Waals surface area (Å²) in [6.45, 7) is 7.82. The van der Waals surface area contributed by atoms with Crippen LogP contribution in [0.15, 0.2) is 72.8 Å². The predicted molar refractivity (Wildman–Crippen MR) is 142 cm³/mol. The first-order valence-corrected chi connectivity index (χ1v) is 11.4. The van der Waals surface area contributed by atoms with Crippen LogP contribution in [0.1, 0.15) is 27.8 Å². The standard InChI is InChI=1S/C29H27N3O5/c1-5-7-23-14-22(15-24(17-30)29(33)31-26-9-6-8-19(2)20(26)3)16-27(36-4)28(23)37-18-21-10-12-25(13-11-21)32(34)35/h5-6,8-16H,1,7,18H2,2-4H3,(H,31,33)/b24-15+. The third-order valence-electron chi connectivity index (χ3n) is 5.80. The van der Waals surface area contributed by atoms with Gasteiger partial charge in [0.2, 0.25) is 0 Å². The number of ether oxygens (including phenoxy) is 2. The van der Waals surface area contributed by atoms with Gasteiger partial charge in [0.25, 0.3) is 11.6 Å². The van der Waals surface area contributed by atoms with Gasteiger partial charge >= 0.3 is 0 Å². The summed E-state index contributed by atoms with van der Waals surface area (Å²) in [7, 11) is 1.50. The number of methoxy groups -OCH3 is 1. The van der Waals surface area contributed by atoms with Gasteiger partial charge in [-0.1, -0.05) is 18.2 Å². The Balaban J connectivity index is 1.89. The normalized spacial score (nSPS) is 10.8. The van der Waals surface area contributed by atoms with E-state index < -0.39 is 10.8 Å². The summed E-state index contributed by atoms with van der Waals surface area (Å²) in [5.41, 5.74) is 4.62. The Hall–Kier alpha value is -4.90. The third-order valence-corrected chi connectivity index (χ3v) is 5.80. The first-order valence-electron chi connectivity index (χ1n) is 11.4. The second-order valence-electron chi connectivity index (χ2n) is 8.29. The molecule has 0 aliphatic carbocycles. The van der Waals surface area contributed by atoms with Crippen molar-refractivity contribution < 1.29 is 19.2 Å². The molecule has 0 bridgehead atoms. The number of non-ortho nitro benzene ring substituents is 1. The average molecular weight is 498 g/mol. The lowest BCUT2D eigenvalue weighted by molar-refractivity contribution is -0.384. The second-order valence-corrected chi connectivity index (χ2v) is 8.29. The Labute approximate surface area is 215 Å². The summed E-state index contributed by atoms with van der Waals surface area (Å²) in [5.74, 6) is 0.384. The predicted octanol–water partition coefficient (Wildman–Crippen LogP) is 6.07. The smallest absolute Gasteiger partial charge is 0.269 e. The molecular weight excluding hydrogens is 470 g/mol. The Morgan fingerprint density at radius 1 is 1.19 bits per heavy atom. The fourth-order valence-corrected chi connectivity index (χ4v) is 3.65. The highest BCUT2D eigenvalue weighted by Gasteiger charge is 2.16. The van der Waals surface area contributed by atoms with E-state index in [1.165, 1.54) is 25.3 Å². The molecule has 3 rings (SSSR count). The molecular formula is C29H27N3O5. The van der Waals surface area contributed by atoms with Crippen LogP contribution in [-0.4, -0.2) is 17.9 Å². The molecule has 0 aliphatic rings. The Bertz CT molecular complexity index is 1400. The number of carbonyl (C=O) groups is 1. The van der Waals surface area contributed by atoms with Gasteiger partial charge in [-0.05, 0) is 78.9 Å². The van der Waals surface area contributed by atoms with Gasteiger partial charge in [0.1, 0.15) is 18.2 Å². The fraction of sp³-hybridized carbons (Fsp3) is 0.172. The maximum absolute atomic E-state index is 12.9. The SMILES string of the molecule is C=CCc1cc(/C=C(\C#N)C(=O)Nc2cccc(C)c2C)cc(OC)c1OCc1ccc([N+](=O)[O-])cc1. The van der Waals surface area contributed by atoms with E-state index in [0.29, 0.717) is 29.2 Å². The highest BCUT2D eigenvalue weighted by Crippen LogP contribution is 2.35. The van der Waals surface area contributed by atoms with Crippen LogP contribution in [0.4, 0.5) is 11.4 Å². The summed E-state index contributed by atoms with van der Waals surface area (Å²) in [6.07, 6.45) is 3.65. The van der Waals surface area contributed by atoms with E-state index in [0.717, 1.165) is 22.3 Å². The molecule has 0 unspecified atom stereocenters. The molecule has 8 heteroatoms. The second kappa shape index (κ2) is 12.2. The van der Waals surface area contributed by atoms with Crippen LogP contribution in [0, 0.1) is 35.3 Å². The zero-order valence-electron chi connectivity index (χ0n) is 20.9. The first kappa shape index (κ1) is 26.7. The molecule has 8 nitrogen and oxygen atoms in total. The average Bonchev–Trinajstić information content (AvgIpc) is 2.89. The number of hydrogen-bond acceptors (Lipinski definition) is 6. The van der Waals surface area contributed by atoms with Crippen LogP contribution in [0.3, 0.4) is 0 Å². The lowest BCUT2D eigenvalue weighted by Gasteiger charge is -2.16. The molecule has 37 heavy (non-hydrogen) atoms. The number of rotatable bonds is 10. The minimum atomic E-state index is -0.515. The van der Waals surface area contributed by atoms with Gasteiger partial charge in [-0.25, -0.2) is 0 Å². The number of carbonyl (C=O) groups excluding carboxylic acids is 1. The number of nitriles is 1. The van der Waals surface area contributed by atoms with Gasteiger partial charge in [-0.15, -0.1) is 6.58 Å². The largest absolute Gasteiger partial charge is 0.493 e. The number of aryl methyl sites for hydroxylation is 1. The molecule has 3 aromatic carbocycles. The number of allylic oxidation sites excluding steroid dienone is 1. The molecule has 0 spiro atoms. The highest BCUT2D eigenvalue weighted by molar-refractivity contribution is 6.10. The fourth-order valence-electron chi connectivity index (χ4n) is 3.65. The van der Waals surface area contributed by atoms with Crippen LogP contribution < -0.4 is 14.8 Å². The minimum Gasteiger partial charge on any atom is -0.493 e. The van der Waals surface area contributed by atoms with Gasteiger partial charge in [0, 0.05) is 23.4 Å². The lowest BCUT2D eigenvalue weighted by atomic mass is 10.0. The van der Waals surface area contributed by atoms with Crippen LogP contribution >= 0.6 is 0 Å². The number of hydrogen-bond donors (Lipinski definition) is 1. The van der Waals surface area contributed by atoms with Crippen molar-refractivity contribution >= 4 is 23.4 Å². The quantitative estimate of drug-likeness (QED) is 0.119. The molecule has 1 amide bonds. The highest BCUT2D eigenvalue weighted by atomic mass is 16.6. The van der Waals surface area contributed by atoms with Gasteiger partial charge in [0.05, 0.1) is 12.0 Å². The van der Waals surface area contributed by atoms with Crippen molar-refractivity contribution in [3.63, 3.8) is 0 Å². The number of nitrogens with one attached hydrogen (secondary N) is 1. The van der Waals surface area contributed by atoms with Crippen molar-refractivity contribution in [3.05, 3.63) is 111 Å². The van der Waals surface area contributed by atoms with E-state index >= 15 is 0 Å². The summed E-state index contributed by atoms with van der Waals surface area (Å²) >= 11 is 0. The number of nitrogens with zero attached hydrogens (tertiary/aromatic N) is 2. The van der Waals surface area contributed by atoms with E-state index in [1.54, 1.807) is 36.4 Å². The zero-order chi connectivity index (χ0) is 26.9. The maximum atomic E-state index is 12.9. The number of benzene rings is 3. The molecule has 0 fully saturated rings. The molecule has 0 saturated heterocycles. The van der Waals surface area contributed by atoms with E-state index in [9.17, 15) is 20.2 Å². The van der Waals surface area contributed by atoms with Crippen LogP contribution in [0.5, 0.6) is 11.5 Å². The molecule has 0 atom stereocenters. The Morgan fingerprint density at radius 3 is 2.54 bits per heavy atom. The Morgan fingerprint density at radius 2 is 1.92 bits per heavy atom. The van der Waals surface area contributed by atoms with E-state index in [4.69, 9.17) is 9.47 Å². The van der Waals surface area contributed by atoms with Crippen molar-refractivity contribution in [1.82, 2.24) is 0 Å². The molecule has 3 aromatic rings. The molecule has 0 heterocycles. The van der Waals surface area contributed by atoms with E-state index in [2.05, 4.69) is 11.9 Å². The first-order chi connectivity index (χ1) is 17.8. The summed E-state index contributed by atoms with van der Waals surface area (Å²) < 4.78 is 11.6. The lowest BCUT2D eigenvalue weighted by Crippen LogP contribution is -2.14. The minimum absolute atomic E-state index is 0.000268. The summed E-state index contributed by atoms with van der Waals surface area (Å²) in [5, 5.41) is 23.4. The number of nitro groups is 1. The maximum Gasteiger partial charge on any atom is 0.269 e. The summed E-state index contributed by atoms with van der Waals surface area (Å²) in [6, 6.07) is 17.1. The van der Waals surface area contributed by atoms with Crippen LogP contribution in [0.2, 0.25) is 0 Å². The van der Waals surface area contributed by atoms with Crippen molar-refractivity contribution in [1.29, 1.82) is 5.26 Å². The monoisotopic (exact) mass is 497 g/mol. The van der Waals surface area contributed by atoms with Crippen LogP contribution in [0.25, 0.3) is 6.08 Å². The zero-order valence-corrected chi connectivity index (χ0v) is 20.9. The summed E-state index contributed by atoms with van der Waals surface area (Å²) in [4.78, 5) is 23.3. The molecule has 0 aromatic heterocycles. The molecule has 188 valence electrons. The third kappa shape index (κ3) is 6.61. The Kier molecular flexibility index (Phi) is 8.79. The van der Waals surface area contributed by atoms with Crippen molar-refractivity contribution in [2.24, 2.45) is 0 Å². The van der Waals surface area contributed by atoms with Crippen molar-refractivity contribution in [2.75, 3.05) is 12.4 Å². The van der Waals surface area contributed by atoms with Crippen molar-refractivity contribution in [2.45, 2.75) is 26.9 Å². The molecule has 0 radical (unpaired) electrons. The van der Waals surface area contributed by atoms with Crippen molar-refractivity contribution in [3.8, 4) is 17.6 Å². The molecule has 1 N–H and O–H groups in total. The topological polar surface area (TPSA) is 114 Å². The van der Waals surface area contributed by atoms with Gasteiger partial charge in [-0.2, -0.15) is 5.26 Å². The number of nitro benzene ring substituents is 1. The number of amides is 1. The van der Waals surface area contributed by atoms with E-state index in [-0.39, 0.29) is 17.9 Å². The molecule has 0 saturated carbocycles. The number of anilines is 1. The van der Waals surface area contributed by atoms with Gasteiger partial charge < -0.3 is 14.8 Å². The molecule has 0 aliphatic heterocycles. The van der Waals surface area contributed by atoms with E-state index in [1.807, 2.05) is 32.0 Å².